The lowest BCUT2D eigenvalue weighted by Gasteiger charge is -2.53. The number of nitrogens with zero attached hydrogens (tertiary/aromatic N) is 3. The normalized spacial score (nSPS) is 23.8. The van der Waals surface area contributed by atoms with Crippen LogP contribution in [0.3, 0.4) is 0 Å². The van der Waals surface area contributed by atoms with Gasteiger partial charge in [-0.15, -0.1) is 0 Å². The molecule has 0 aliphatic carbocycles. The van der Waals surface area contributed by atoms with Crippen LogP contribution in [0.25, 0.3) is 0 Å². The average molecular weight is 249 g/mol. The summed E-state index contributed by atoms with van der Waals surface area (Å²) in [5, 5.41) is 0. The molecular formula is C14H23N3O. The van der Waals surface area contributed by atoms with Gasteiger partial charge in [-0.3, -0.25) is 4.90 Å². The lowest BCUT2D eigenvalue weighted by Crippen LogP contribution is -2.60. The Bertz CT molecular complexity index is 385. The summed E-state index contributed by atoms with van der Waals surface area (Å²) in [5.74, 6) is 0.763. The molecule has 1 aliphatic rings. The highest BCUT2D eigenvalue weighted by molar-refractivity contribution is 5.12. The first-order chi connectivity index (χ1) is 8.31. The number of likely N-dealkylation sites (tertiary alicyclic amines) is 1. The summed E-state index contributed by atoms with van der Waals surface area (Å²) in [4.78, 5) is 10.4. The highest BCUT2D eigenvalue weighted by Crippen LogP contribution is 2.38. The minimum atomic E-state index is 0.141. The molecule has 0 amide bonds. The number of ether oxygens (including phenoxy) is 1. The molecule has 0 N–H and O–H groups in total. The van der Waals surface area contributed by atoms with Crippen molar-refractivity contribution in [3.63, 3.8) is 0 Å². The van der Waals surface area contributed by atoms with Gasteiger partial charge < -0.3 is 4.74 Å². The molecule has 0 saturated carbocycles. The second-order valence-electron chi connectivity index (χ2n) is 6.41. The van der Waals surface area contributed by atoms with Gasteiger partial charge >= 0.3 is 0 Å². The summed E-state index contributed by atoms with van der Waals surface area (Å²) in [5.41, 5.74) is 0.282. The Balaban J connectivity index is 2.12. The fourth-order valence-corrected chi connectivity index (χ4v) is 2.90. The van der Waals surface area contributed by atoms with Crippen molar-refractivity contribution in [2.24, 2.45) is 0 Å². The van der Waals surface area contributed by atoms with E-state index in [0.717, 1.165) is 18.6 Å². The van der Waals surface area contributed by atoms with Crippen molar-refractivity contribution in [2.75, 3.05) is 7.05 Å². The highest BCUT2D eigenvalue weighted by Gasteiger charge is 2.43. The first kappa shape index (κ1) is 13.3. The summed E-state index contributed by atoms with van der Waals surface area (Å²) >= 11 is 0. The van der Waals surface area contributed by atoms with Gasteiger partial charge in [0.15, 0.2) is 5.75 Å². The molecule has 0 unspecified atom stereocenters. The molecule has 18 heavy (non-hydrogen) atoms. The van der Waals surface area contributed by atoms with Crippen molar-refractivity contribution in [1.82, 2.24) is 14.9 Å². The van der Waals surface area contributed by atoms with Crippen LogP contribution < -0.4 is 4.74 Å². The van der Waals surface area contributed by atoms with Gasteiger partial charge in [0.1, 0.15) is 12.4 Å². The lowest BCUT2D eigenvalue weighted by molar-refractivity contribution is -0.0558. The van der Waals surface area contributed by atoms with Gasteiger partial charge in [-0.25, -0.2) is 9.97 Å². The zero-order chi connectivity index (χ0) is 13.4. The third-order valence-electron chi connectivity index (χ3n) is 4.11. The second kappa shape index (κ2) is 4.50. The van der Waals surface area contributed by atoms with Gasteiger partial charge in [0.25, 0.3) is 0 Å². The summed E-state index contributed by atoms with van der Waals surface area (Å²) < 4.78 is 6.02. The maximum atomic E-state index is 6.02. The molecule has 100 valence electrons. The molecule has 0 atom stereocenters. The first-order valence-electron chi connectivity index (χ1n) is 6.47. The predicted octanol–water partition coefficient (Wildman–Crippen LogP) is 2.51. The van der Waals surface area contributed by atoms with Crippen molar-refractivity contribution >= 4 is 0 Å². The van der Waals surface area contributed by atoms with E-state index >= 15 is 0 Å². The largest absolute Gasteiger partial charge is 0.487 e. The van der Waals surface area contributed by atoms with Crippen LogP contribution in [0.4, 0.5) is 0 Å². The fourth-order valence-electron chi connectivity index (χ4n) is 2.90. The van der Waals surface area contributed by atoms with Gasteiger partial charge in [-0.1, -0.05) is 0 Å². The maximum absolute atomic E-state index is 6.02. The monoisotopic (exact) mass is 249 g/mol. The third-order valence-corrected chi connectivity index (χ3v) is 4.11. The average Bonchev–Trinajstić information content (AvgIpc) is 2.26. The Morgan fingerprint density at radius 2 is 1.61 bits per heavy atom. The summed E-state index contributed by atoms with van der Waals surface area (Å²) in [6.45, 7) is 9.08. The lowest BCUT2D eigenvalue weighted by atomic mass is 9.79. The molecular weight excluding hydrogens is 226 g/mol. The van der Waals surface area contributed by atoms with E-state index in [-0.39, 0.29) is 17.2 Å². The smallest absolute Gasteiger partial charge is 0.156 e. The zero-order valence-electron chi connectivity index (χ0n) is 12.0. The zero-order valence-corrected chi connectivity index (χ0v) is 12.0. The van der Waals surface area contributed by atoms with E-state index in [2.05, 4.69) is 49.6 Å². The van der Waals surface area contributed by atoms with Crippen molar-refractivity contribution in [2.45, 2.75) is 57.7 Å². The number of piperidine rings is 1. The van der Waals surface area contributed by atoms with E-state index in [1.807, 2.05) is 0 Å². The van der Waals surface area contributed by atoms with E-state index in [9.17, 15) is 0 Å². The fraction of sp³-hybridized carbons (Fsp3) is 0.714. The number of aromatic nitrogens is 2. The van der Waals surface area contributed by atoms with Crippen LogP contribution in [0.1, 0.15) is 40.5 Å². The second-order valence-corrected chi connectivity index (χ2v) is 6.41. The molecule has 4 heteroatoms. The molecule has 1 aliphatic heterocycles. The molecule has 1 fully saturated rings. The van der Waals surface area contributed by atoms with E-state index in [4.69, 9.17) is 4.74 Å². The van der Waals surface area contributed by atoms with E-state index in [1.165, 1.54) is 6.33 Å². The molecule has 0 bridgehead atoms. The Kier molecular flexibility index (Phi) is 3.32. The molecule has 0 spiro atoms. The van der Waals surface area contributed by atoms with Crippen molar-refractivity contribution in [1.29, 1.82) is 0 Å². The van der Waals surface area contributed by atoms with Crippen LogP contribution in [-0.2, 0) is 0 Å². The summed E-state index contributed by atoms with van der Waals surface area (Å²) in [7, 11) is 2.20. The SMILES string of the molecule is CN1C(C)(C)CC(Oc2cncnc2)CC1(C)C. The van der Waals surface area contributed by atoms with Gasteiger partial charge in [0.2, 0.25) is 0 Å². The minimum Gasteiger partial charge on any atom is -0.487 e. The number of hydrogen-bond acceptors (Lipinski definition) is 4. The van der Waals surface area contributed by atoms with E-state index < -0.39 is 0 Å². The minimum absolute atomic E-state index is 0.141. The highest BCUT2D eigenvalue weighted by atomic mass is 16.5. The van der Waals surface area contributed by atoms with Crippen LogP contribution in [-0.4, -0.2) is 39.1 Å². The van der Waals surface area contributed by atoms with Gasteiger partial charge in [-0.2, -0.15) is 0 Å². The molecule has 2 heterocycles. The molecule has 4 nitrogen and oxygen atoms in total. The molecule has 1 saturated heterocycles. The molecule has 0 aromatic carbocycles. The van der Waals surface area contributed by atoms with Crippen LogP contribution in [0.15, 0.2) is 18.7 Å². The number of rotatable bonds is 2. The molecule has 1 aromatic rings. The first-order valence-corrected chi connectivity index (χ1v) is 6.47. The van der Waals surface area contributed by atoms with Crippen LogP contribution in [0.5, 0.6) is 5.75 Å². The predicted molar refractivity (Wildman–Crippen MR) is 71.6 cm³/mol. The van der Waals surface area contributed by atoms with Gasteiger partial charge in [-0.05, 0) is 34.7 Å². The van der Waals surface area contributed by atoms with Crippen LogP contribution >= 0.6 is 0 Å². The standard InChI is InChI=1S/C14H23N3O/c1-13(2)6-11(7-14(3,4)17(13)5)18-12-8-15-10-16-9-12/h8-11H,6-7H2,1-5H3. The summed E-state index contributed by atoms with van der Waals surface area (Å²) in [6.07, 6.45) is 7.23. The van der Waals surface area contributed by atoms with E-state index in [0.29, 0.717) is 0 Å². The van der Waals surface area contributed by atoms with Crippen molar-refractivity contribution < 1.29 is 4.74 Å². The Labute approximate surface area is 109 Å². The quantitative estimate of drug-likeness (QED) is 0.807. The number of hydrogen-bond donors (Lipinski definition) is 0. The van der Waals surface area contributed by atoms with Crippen molar-refractivity contribution in [3.05, 3.63) is 18.7 Å². The third kappa shape index (κ3) is 2.64. The van der Waals surface area contributed by atoms with E-state index in [1.54, 1.807) is 12.4 Å². The van der Waals surface area contributed by atoms with Gasteiger partial charge in [0, 0.05) is 23.9 Å². The molecule has 0 radical (unpaired) electrons. The Hall–Kier alpha value is -1.16. The Morgan fingerprint density at radius 1 is 1.11 bits per heavy atom. The maximum Gasteiger partial charge on any atom is 0.156 e. The van der Waals surface area contributed by atoms with Crippen LogP contribution in [0.2, 0.25) is 0 Å². The van der Waals surface area contributed by atoms with Crippen LogP contribution in [0, 0.1) is 0 Å². The topological polar surface area (TPSA) is 38.2 Å². The molecule has 1 aromatic heterocycles. The Morgan fingerprint density at radius 3 is 2.11 bits per heavy atom. The van der Waals surface area contributed by atoms with Gasteiger partial charge in [0.05, 0.1) is 12.4 Å². The molecule has 2 rings (SSSR count). The summed E-state index contributed by atoms with van der Waals surface area (Å²) in [6, 6.07) is 0. The van der Waals surface area contributed by atoms with Crippen molar-refractivity contribution in [3.8, 4) is 5.75 Å².